The molecule has 0 aliphatic carbocycles. The van der Waals surface area contributed by atoms with Crippen molar-refractivity contribution >= 4 is 23.2 Å². The number of benzene rings is 1. The number of para-hydroxylation sites is 1. The van der Waals surface area contributed by atoms with Crippen molar-refractivity contribution in [1.82, 2.24) is 10.2 Å². The number of aryl methyl sites for hydroxylation is 2. The van der Waals surface area contributed by atoms with Gasteiger partial charge in [-0.3, -0.25) is 9.59 Å². The highest BCUT2D eigenvalue weighted by Crippen LogP contribution is 2.33. The normalized spacial score (nSPS) is 22.4. The zero-order valence-corrected chi connectivity index (χ0v) is 15.8. The Morgan fingerprint density at radius 3 is 2.88 bits per heavy atom. The molecule has 0 saturated carbocycles. The van der Waals surface area contributed by atoms with Crippen LogP contribution in [0, 0.1) is 13.8 Å². The number of nitrogens with zero attached hydrogens (tertiary/aromatic N) is 1. The summed E-state index contributed by atoms with van der Waals surface area (Å²) in [6.07, 6.45) is 1.67. The number of rotatable bonds is 1. The number of carbonyl (C=O) groups excluding carboxylic acids is 2. The van der Waals surface area contributed by atoms with E-state index in [1.807, 2.05) is 43.0 Å². The van der Waals surface area contributed by atoms with Crippen LogP contribution < -0.4 is 10.1 Å². The monoisotopic (exact) mass is 370 g/mol. The van der Waals surface area contributed by atoms with E-state index in [-0.39, 0.29) is 11.8 Å². The van der Waals surface area contributed by atoms with Gasteiger partial charge in [-0.05, 0) is 50.5 Å². The first-order valence-corrected chi connectivity index (χ1v) is 9.72. The molecule has 4 rings (SSSR count). The van der Waals surface area contributed by atoms with Gasteiger partial charge in [0, 0.05) is 11.4 Å². The summed E-state index contributed by atoms with van der Waals surface area (Å²) in [5, 5.41) is 2.97. The van der Waals surface area contributed by atoms with E-state index in [4.69, 9.17) is 4.74 Å². The summed E-state index contributed by atoms with van der Waals surface area (Å²) in [5.41, 5.74) is 1.13. The maximum atomic E-state index is 13.0. The van der Waals surface area contributed by atoms with E-state index in [1.165, 1.54) is 4.88 Å². The molecule has 2 aromatic rings. The first-order chi connectivity index (χ1) is 12.5. The van der Waals surface area contributed by atoms with Crippen LogP contribution in [0.4, 0.5) is 0 Å². The lowest BCUT2D eigenvalue weighted by atomic mass is 9.92. The average molecular weight is 370 g/mol. The summed E-state index contributed by atoms with van der Waals surface area (Å²) < 4.78 is 6.33. The third kappa shape index (κ3) is 2.98. The van der Waals surface area contributed by atoms with Gasteiger partial charge in [0.2, 0.25) is 0 Å². The molecule has 1 aromatic carbocycles. The SMILES string of the molecule is Cc1cc(C(=O)N2CCCC3(CNC(=O)c4ccccc4O3)C2)sc1C. The number of amides is 2. The minimum Gasteiger partial charge on any atom is -0.483 e. The molecule has 1 saturated heterocycles. The number of fused-ring (bicyclic) bond motifs is 1. The lowest BCUT2D eigenvalue weighted by Crippen LogP contribution is -2.57. The second-order valence-electron chi connectivity index (χ2n) is 7.14. The van der Waals surface area contributed by atoms with Crippen LogP contribution in [0.2, 0.25) is 0 Å². The molecule has 26 heavy (non-hydrogen) atoms. The van der Waals surface area contributed by atoms with Gasteiger partial charge in [0.05, 0.1) is 23.5 Å². The molecule has 1 atom stereocenters. The highest BCUT2D eigenvalue weighted by molar-refractivity contribution is 7.14. The number of thiophene rings is 1. The number of likely N-dealkylation sites (tertiary alicyclic amines) is 1. The zero-order chi connectivity index (χ0) is 18.3. The van der Waals surface area contributed by atoms with E-state index in [9.17, 15) is 9.59 Å². The molecule has 5 nitrogen and oxygen atoms in total. The standard InChI is InChI=1S/C20H22N2O3S/c1-13-10-17(26-14(13)2)19(24)22-9-5-8-20(12-22)11-21-18(23)15-6-3-4-7-16(15)25-20/h3-4,6-7,10H,5,8-9,11-12H2,1-2H3,(H,21,23). The van der Waals surface area contributed by atoms with Gasteiger partial charge in [-0.25, -0.2) is 0 Å². The highest BCUT2D eigenvalue weighted by Gasteiger charge is 2.42. The number of hydrogen-bond acceptors (Lipinski definition) is 4. The summed E-state index contributed by atoms with van der Waals surface area (Å²) in [4.78, 5) is 29.1. The smallest absolute Gasteiger partial charge is 0.264 e. The molecule has 6 heteroatoms. The molecule has 136 valence electrons. The number of nitrogens with one attached hydrogen (secondary N) is 1. The Kier molecular flexibility index (Phi) is 4.23. The van der Waals surface area contributed by atoms with Crippen molar-refractivity contribution in [2.75, 3.05) is 19.6 Å². The fraction of sp³-hybridized carbons (Fsp3) is 0.400. The van der Waals surface area contributed by atoms with Crippen molar-refractivity contribution in [2.24, 2.45) is 0 Å². The summed E-state index contributed by atoms with van der Waals surface area (Å²) >= 11 is 1.54. The molecular formula is C20H22N2O3S. The predicted molar refractivity (Wildman–Crippen MR) is 101 cm³/mol. The first-order valence-electron chi connectivity index (χ1n) is 8.90. The van der Waals surface area contributed by atoms with Gasteiger partial charge in [0.15, 0.2) is 0 Å². The molecule has 0 bridgehead atoms. The Morgan fingerprint density at radius 1 is 1.31 bits per heavy atom. The number of ether oxygens (including phenoxy) is 1. The van der Waals surface area contributed by atoms with Crippen molar-refractivity contribution in [2.45, 2.75) is 32.3 Å². The van der Waals surface area contributed by atoms with Gasteiger partial charge >= 0.3 is 0 Å². The molecule has 2 aliphatic rings. The molecule has 2 aliphatic heterocycles. The van der Waals surface area contributed by atoms with Crippen LogP contribution in [-0.2, 0) is 0 Å². The van der Waals surface area contributed by atoms with Crippen LogP contribution in [0.25, 0.3) is 0 Å². The van der Waals surface area contributed by atoms with Crippen LogP contribution in [0.1, 0.15) is 43.3 Å². The molecule has 1 unspecified atom stereocenters. The summed E-state index contributed by atoms with van der Waals surface area (Å²) in [6, 6.07) is 9.27. The van der Waals surface area contributed by atoms with Crippen molar-refractivity contribution in [3.8, 4) is 5.75 Å². The van der Waals surface area contributed by atoms with Crippen molar-refractivity contribution in [3.63, 3.8) is 0 Å². The quantitative estimate of drug-likeness (QED) is 0.839. The third-order valence-electron chi connectivity index (χ3n) is 5.23. The van der Waals surface area contributed by atoms with E-state index in [1.54, 1.807) is 17.4 Å². The molecule has 2 amide bonds. The van der Waals surface area contributed by atoms with Crippen LogP contribution in [0.5, 0.6) is 5.75 Å². The van der Waals surface area contributed by atoms with E-state index in [0.29, 0.717) is 24.4 Å². The Hall–Kier alpha value is -2.34. The minimum atomic E-state index is -0.572. The van der Waals surface area contributed by atoms with E-state index < -0.39 is 5.60 Å². The largest absolute Gasteiger partial charge is 0.483 e. The second kappa shape index (κ2) is 6.43. The van der Waals surface area contributed by atoms with E-state index >= 15 is 0 Å². The molecule has 1 fully saturated rings. The maximum Gasteiger partial charge on any atom is 0.264 e. The van der Waals surface area contributed by atoms with Crippen LogP contribution in [0.15, 0.2) is 30.3 Å². The number of carbonyl (C=O) groups is 2. The van der Waals surface area contributed by atoms with Crippen molar-refractivity contribution < 1.29 is 14.3 Å². The van der Waals surface area contributed by atoms with Gasteiger partial charge < -0.3 is 15.0 Å². The van der Waals surface area contributed by atoms with Crippen LogP contribution in [0.3, 0.4) is 0 Å². The topological polar surface area (TPSA) is 58.6 Å². The third-order valence-corrected chi connectivity index (χ3v) is 6.37. The second-order valence-corrected chi connectivity index (χ2v) is 8.40. The molecule has 3 heterocycles. The zero-order valence-electron chi connectivity index (χ0n) is 15.0. The predicted octanol–water partition coefficient (Wildman–Crippen LogP) is 3.16. The maximum absolute atomic E-state index is 13.0. The highest BCUT2D eigenvalue weighted by atomic mass is 32.1. The van der Waals surface area contributed by atoms with E-state index in [0.717, 1.165) is 29.8 Å². The van der Waals surface area contributed by atoms with Gasteiger partial charge in [0.1, 0.15) is 11.4 Å². The lowest BCUT2D eigenvalue weighted by molar-refractivity contribution is -0.000668. The molecule has 1 N–H and O–H groups in total. The summed E-state index contributed by atoms with van der Waals surface area (Å²) in [5.74, 6) is 0.530. The lowest BCUT2D eigenvalue weighted by Gasteiger charge is -2.41. The number of piperidine rings is 1. The fourth-order valence-corrected chi connectivity index (χ4v) is 4.68. The Morgan fingerprint density at radius 2 is 2.12 bits per heavy atom. The molecular weight excluding hydrogens is 348 g/mol. The first kappa shape index (κ1) is 17.1. The summed E-state index contributed by atoms with van der Waals surface area (Å²) in [6.45, 7) is 5.68. The van der Waals surface area contributed by atoms with Gasteiger partial charge in [0.25, 0.3) is 11.8 Å². The molecule has 1 spiro atoms. The van der Waals surface area contributed by atoms with Gasteiger partial charge in [-0.2, -0.15) is 0 Å². The van der Waals surface area contributed by atoms with Crippen LogP contribution in [-0.4, -0.2) is 41.9 Å². The van der Waals surface area contributed by atoms with Gasteiger partial charge in [-0.15, -0.1) is 11.3 Å². The number of hydrogen-bond donors (Lipinski definition) is 1. The molecule has 0 radical (unpaired) electrons. The Bertz CT molecular complexity index is 856. The van der Waals surface area contributed by atoms with Crippen molar-refractivity contribution in [1.29, 1.82) is 0 Å². The van der Waals surface area contributed by atoms with Gasteiger partial charge in [-0.1, -0.05) is 12.1 Å². The Balaban J connectivity index is 1.60. The average Bonchev–Trinajstić information content (AvgIpc) is 2.91. The van der Waals surface area contributed by atoms with Crippen LogP contribution >= 0.6 is 11.3 Å². The molecule has 1 aromatic heterocycles. The summed E-state index contributed by atoms with van der Waals surface area (Å²) in [7, 11) is 0. The Labute approximate surface area is 157 Å². The van der Waals surface area contributed by atoms with E-state index in [2.05, 4.69) is 5.32 Å². The van der Waals surface area contributed by atoms with Crippen molar-refractivity contribution in [3.05, 3.63) is 51.2 Å². The fourth-order valence-electron chi connectivity index (χ4n) is 3.68. The minimum absolute atomic E-state index is 0.0535.